The van der Waals surface area contributed by atoms with E-state index in [1.807, 2.05) is 11.8 Å². The lowest BCUT2D eigenvalue weighted by Crippen LogP contribution is -2.49. The molecule has 2 fully saturated rings. The summed E-state index contributed by atoms with van der Waals surface area (Å²) in [5.41, 5.74) is 0. The molecule has 0 aromatic carbocycles. The fraction of sp³-hybridized carbons (Fsp3) is 0.917. The van der Waals surface area contributed by atoms with E-state index in [1.54, 1.807) is 0 Å². The molecule has 0 aromatic heterocycles. The van der Waals surface area contributed by atoms with E-state index in [4.69, 9.17) is 0 Å². The molecule has 0 saturated carbocycles. The Labute approximate surface area is 97.0 Å². The van der Waals surface area contributed by atoms with Gasteiger partial charge in [0.1, 0.15) is 0 Å². The number of rotatable bonds is 1. The zero-order valence-electron chi connectivity index (χ0n) is 9.98. The second-order valence-corrected chi connectivity index (χ2v) is 5.16. The molecule has 2 N–H and O–H groups in total. The van der Waals surface area contributed by atoms with Crippen LogP contribution in [0.2, 0.25) is 0 Å². The first-order valence-corrected chi connectivity index (χ1v) is 6.36. The van der Waals surface area contributed by atoms with Gasteiger partial charge in [-0.3, -0.25) is 4.79 Å². The Morgan fingerprint density at radius 2 is 2.25 bits per heavy atom. The predicted octanol–water partition coefficient (Wildman–Crippen LogP) is 0.215. The van der Waals surface area contributed by atoms with Crippen LogP contribution < -0.4 is 5.32 Å². The fourth-order valence-electron chi connectivity index (χ4n) is 2.65. The van der Waals surface area contributed by atoms with Crippen LogP contribution in [0, 0.1) is 11.8 Å². The van der Waals surface area contributed by atoms with Crippen molar-refractivity contribution in [2.75, 3.05) is 26.2 Å². The molecule has 0 aliphatic carbocycles. The number of hydrogen-bond acceptors (Lipinski definition) is 3. The van der Waals surface area contributed by atoms with Gasteiger partial charge < -0.3 is 15.3 Å². The van der Waals surface area contributed by atoms with Crippen molar-refractivity contribution in [2.24, 2.45) is 11.8 Å². The van der Waals surface area contributed by atoms with Crippen molar-refractivity contribution in [1.29, 1.82) is 0 Å². The average molecular weight is 226 g/mol. The summed E-state index contributed by atoms with van der Waals surface area (Å²) in [6.45, 7) is 5.33. The van der Waals surface area contributed by atoms with Crippen molar-refractivity contribution in [1.82, 2.24) is 10.2 Å². The van der Waals surface area contributed by atoms with E-state index in [0.717, 1.165) is 45.4 Å². The first-order valence-electron chi connectivity index (χ1n) is 6.36. The lowest BCUT2D eigenvalue weighted by molar-refractivity contribution is -0.139. The topological polar surface area (TPSA) is 52.6 Å². The minimum atomic E-state index is -0.228. The largest absolute Gasteiger partial charge is 0.393 e. The molecule has 4 nitrogen and oxygen atoms in total. The average Bonchev–Trinajstić information content (AvgIpc) is 2.33. The Hall–Kier alpha value is -0.610. The number of aliphatic hydroxyl groups excluding tert-OH is 1. The number of hydrogen-bond donors (Lipinski definition) is 2. The molecular weight excluding hydrogens is 204 g/mol. The number of carbonyl (C=O) groups excluding carboxylic acids is 1. The summed E-state index contributed by atoms with van der Waals surface area (Å²) in [5.74, 6) is 0.663. The van der Waals surface area contributed by atoms with Crippen molar-refractivity contribution in [3.8, 4) is 0 Å². The molecule has 2 aliphatic rings. The number of nitrogens with zero attached hydrogens (tertiary/aromatic N) is 1. The summed E-state index contributed by atoms with van der Waals surface area (Å²) >= 11 is 0. The van der Waals surface area contributed by atoms with Crippen molar-refractivity contribution in [2.45, 2.75) is 32.3 Å². The molecule has 2 saturated heterocycles. The first-order chi connectivity index (χ1) is 7.68. The van der Waals surface area contributed by atoms with Crippen molar-refractivity contribution in [3.05, 3.63) is 0 Å². The Kier molecular flexibility index (Phi) is 3.82. The number of piperidine rings is 2. The van der Waals surface area contributed by atoms with E-state index in [-0.39, 0.29) is 23.8 Å². The Bertz CT molecular complexity index is 251. The highest BCUT2D eigenvalue weighted by atomic mass is 16.3. The van der Waals surface area contributed by atoms with Crippen molar-refractivity contribution < 1.29 is 9.90 Å². The molecule has 2 rings (SSSR count). The summed E-state index contributed by atoms with van der Waals surface area (Å²) in [6.07, 6.45) is 2.61. The third-order valence-corrected chi connectivity index (χ3v) is 3.82. The maximum Gasteiger partial charge on any atom is 0.226 e. The fourth-order valence-corrected chi connectivity index (χ4v) is 2.65. The van der Waals surface area contributed by atoms with Crippen LogP contribution >= 0.6 is 0 Å². The molecule has 0 spiro atoms. The number of likely N-dealkylation sites (tertiary alicyclic amines) is 1. The predicted molar refractivity (Wildman–Crippen MR) is 62.0 cm³/mol. The van der Waals surface area contributed by atoms with Gasteiger partial charge in [0.25, 0.3) is 0 Å². The molecule has 0 aromatic rings. The molecule has 4 heteroatoms. The van der Waals surface area contributed by atoms with Crippen LogP contribution in [0.15, 0.2) is 0 Å². The van der Waals surface area contributed by atoms with E-state index in [1.165, 1.54) is 0 Å². The normalized spacial score (nSPS) is 36.1. The van der Waals surface area contributed by atoms with Crippen LogP contribution in [-0.2, 0) is 4.79 Å². The number of carbonyl (C=O) groups is 1. The van der Waals surface area contributed by atoms with Gasteiger partial charge in [-0.25, -0.2) is 0 Å². The monoisotopic (exact) mass is 226 g/mol. The highest BCUT2D eigenvalue weighted by Gasteiger charge is 2.31. The van der Waals surface area contributed by atoms with Gasteiger partial charge >= 0.3 is 0 Å². The van der Waals surface area contributed by atoms with Gasteiger partial charge in [-0.05, 0) is 31.7 Å². The van der Waals surface area contributed by atoms with E-state index < -0.39 is 0 Å². The van der Waals surface area contributed by atoms with E-state index in [9.17, 15) is 9.90 Å². The summed E-state index contributed by atoms with van der Waals surface area (Å²) < 4.78 is 0. The van der Waals surface area contributed by atoms with Crippen LogP contribution in [0.4, 0.5) is 0 Å². The highest BCUT2D eigenvalue weighted by molar-refractivity contribution is 5.79. The third kappa shape index (κ3) is 2.55. The molecule has 2 heterocycles. The summed E-state index contributed by atoms with van der Waals surface area (Å²) in [4.78, 5) is 14.1. The quantitative estimate of drug-likeness (QED) is 0.672. The number of aliphatic hydroxyl groups is 1. The summed E-state index contributed by atoms with van der Waals surface area (Å²) in [7, 11) is 0. The van der Waals surface area contributed by atoms with Crippen LogP contribution in [-0.4, -0.2) is 48.2 Å². The third-order valence-electron chi connectivity index (χ3n) is 3.82. The minimum Gasteiger partial charge on any atom is -0.393 e. The molecule has 1 amide bonds. The van der Waals surface area contributed by atoms with Gasteiger partial charge in [0.05, 0.1) is 12.0 Å². The maximum atomic E-state index is 12.2. The molecule has 92 valence electrons. The molecule has 0 radical (unpaired) electrons. The zero-order valence-corrected chi connectivity index (χ0v) is 9.98. The molecule has 0 unspecified atom stereocenters. The molecule has 3 atom stereocenters. The van der Waals surface area contributed by atoms with Gasteiger partial charge in [-0.2, -0.15) is 0 Å². The number of nitrogens with one attached hydrogen (secondary N) is 1. The molecule has 16 heavy (non-hydrogen) atoms. The number of amides is 1. The van der Waals surface area contributed by atoms with E-state index in [2.05, 4.69) is 5.32 Å². The van der Waals surface area contributed by atoms with Crippen molar-refractivity contribution in [3.63, 3.8) is 0 Å². The van der Waals surface area contributed by atoms with Crippen LogP contribution in [0.25, 0.3) is 0 Å². The van der Waals surface area contributed by atoms with Crippen molar-refractivity contribution >= 4 is 5.91 Å². The molecular formula is C12H22N2O2. The SMILES string of the molecule is C[C@@H]1CN(C(=O)[C@@H]2CCCNC2)CC[C@H]1O. The summed E-state index contributed by atoms with van der Waals surface area (Å²) in [6, 6.07) is 0. The van der Waals surface area contributed by atoms with Crippen LogP contribution in [0.1, 0.15) is 26.2 Å². The minimum absolute atomic E-state index is 0.163. The first kappa shape index (κ1) is 11.9. The molecule has 2 aliphatic heterocycles. The lowest BCUT2D eigenvalue weighted by atomic mass is 9.93. The van der Waals surface area contributed by atoms with Gasteiger partial charge in [-0.15, -0.1) is 0 Å². The Morgan fingerprint density at radius 3 is 2.88 bits per heavy atom. The standard InChI is InChI=1S/C12H22N2O2/c1-9-8-14(6-4-11(9)15)12(16)10-3-2-5-13-7-10/h9-11,13,15H,2-8H2,1H3/t9-,10-,11-/m1/s1. The van der Waals surface area contributed by atoms with Gasteiger partial charge in [-0.1, -0.05) is 6.92 Å². The second-order valence-electron chi connectivity index (χ2n) is 5.16. The van der Waals surface area contributed by atoms with E-state index in [0.29, 0.717) is 0 Å². The smallest absolute Gasteiger partial charge is 0.226 e. The van der Waals surface area contributed by atoms with Gasteiger partial charge in [0.2, 0.25) is 5.91 Å². The van der Waals surface area contributed by atoms with Crippen LogP contribution in [0.3, 0.4) is 0 Å². The van der Waals surface area contributed by atoms with E-state index >= 15 is 0 Å². The Morgan fingerprint density at radius 1 is 1.44 bits per heavy atom. The highest BCUT2D eigenvalue weighted by Crippen LogP contribution is 2.20. The second kappa shape index (κ2) is 5.15. The van der Waals surface area contributed by atoms with Crippen LogP contribution in [0.5, 0.6) is 0 Å². The molecule has 0 bridgehead atoms. The van der Waals surface area contributed by atoms with Gasteiger partial charge in [0, 0.05) is 19.6 Å². The Balaban J connectivity index is 1.89. The zero-order chi connectivity index (χ0) is 11.5. The lowest BCUT2D eigenvalue weighted by Gasteiger charge is -2.37. The van der Waals surface area contributed by atoms with Gasteiger partial charge in [0.15, 0.2) is 0 Å². The maximum absolute atomic E-state index is 12.2. The summed E-state index contributed by atoms with van der Waals surface area (Å²) in [5, 5.41) is 12.9.